The molecule has 0 spiro atoms. The van der Waals surface area contributed by atoms with E-state index in [2.05, 4.69) is 23.7 Å². The predicted octanol–water partition coefficient (Wildman–Crippen LogP) is 3.35. The molecule has 0 aliphatic carbocycles. The van der Waals surface area contributed by atoms with Crippen molar-refractivity contribution in [1.29, 1.82) is 0 Å². The van der Waals surface area contributed by atoms with Crippen molar-refractivity contribution in [3.63, 3.8) is 0 Å². The number of nitrogen functional groups attached to an aromatic ring is 1. The number of hydrogen-bond donors (Lipinski definition) is 1. The number of rotatable bonds is 3. The quantitative estimate of drug-likeness (QED) is 0.938. The highest BCUT2D eigenvalue weighted by molar-refractivity contribution is 5.61. The molecule has 0 amide bonds. The van der Waals surface area contributed by atoms with Gasteiger partial charge in [0.15, 0.2) is 5.82 Å². The van der Waals surface area contributed by atoms with E-state index in [1.165, 1.54) is 12.8 Å². The summed E-state index contributed by atoms with van der Waals surface area (Å²) in [6.45, 7) is 5.59. The van der Waals surface area contributed by atoms with Crippen LogP contribution in [0.5, 0.6) is 0 Å². The molecule has 0 bridgehead atoms. The molecule has 3 rings (SSSR count). The standard InChI is InChI=1S/C17H22N4/c1-12(2)14-9-6-10-21(14)16-11-15(18)19-17(20-16)13-7-4-3-5-8-13/h3-5,7-8,11-12,14H,6,9-10H2,1-2H3,(H2,18,19,20). The summed E-state index contributed by atoms with van der Waals surface area (Å²) in [7, 11) is 0. The minimum atomic E-state index is 0.535. The van der Waals surface area contributed by atoms with Gasteiger partial charge in [-0.2, -0.15) is 0 Å². The SMILES string of the molecule is CC(C)C1CCCN1c1cc(N)nc(-c2ccccc2)n1. The lowest BCUT2D eigenvalue weighted by Crippen LogP contribution is -2.34. The Labute approximate surface area is 126 Å². The Morgan fingerprint density at radius 3 is 2.67 bits per heavy atom. The second kappa shape index (κ2) is 5.72. The molecule has 4 heteroatoms. The van der Waals surface area contributed by atoms with E-state index in [1.807, 2.05) is 36.4 Å². The van der Waals surface area contributed by atoms with E-state index in [0.29, 0.717) is 23.6 Å². The van der Waals surface area contributed by atoms with Gasteiger partial charge in [0, 0.05) is 24.2 Å². The second-order valence-electron chi connectivity index (χ2n) is 5.99. The zero-order chi connectivity index (χ0) is 14.8. The first kappa shape index (κ1) is 13.9. The van der Waals surface area contributed by atoms with Crippen LogP contribution in [0.3, 0.4) is 0 Å². The third kappa shape index (κ3) is 2.84. The van der Waals surface area contributed by atoms with Gasteiger partial charge in [-0.15, -0.1) is 0 Å². The summed E-state index contributed by atoms with van der Waals surface area (Å²) in [5.41, 5.74) is 7.01. The maximum Gasteiger partial charge on any atom is 0.163 e. The Balaban J connectivity index is 1.98. The lowest BCUT2D eigenvalue weighted by molar-refractivity contribution is 0.489. The summed E-state index contributed by atoms with van der Waals surface area (Å²) in [5.74, 6) is 2.81. The monoisotopic (exact) mass is 282 g/mol. The van der Waals surface area contributed by atoms with Crippen LogP contribution in [0.1, 0.15) is 26.7 Å². The van der Waals surface area contributed by atoms with Gasteiger partial charge in [-0.05, 0) is 18.8 Å². The highest BCUT2D eigenvalue weighted by Gasteiger charge is 2.28. The zero-order valence-electron chi connectivity index (χ0n) is 12.7. The first-order valence-corrected chi connectivity index (χ1v) is 7.62. The highest BCUT2D eigenvalue weighted by atomic mass is 15.2. The lowest BCUT2D eigenvalue weighted by Gasteiger charge is -2.29. The van der Waals surface area contributed by atoms with E-state index in [-0.39, 0.29) is 0 Å². The third-order valence-corrected chi connectivity index (χ3v) is 4.13. The Morgan fingerprint density at radius 1 is 1.19 bits per heavy atom. The van der Waals surface area contributed by atoms with Crippen molar-refractivity contribution in [2.24, 2.45) is 5.92 Å². The van der Waals surface area contributed by atoms with Crippen LogP contribution in [0.15, 0.2) is 36.4 Å². The van der Waals surface area contributed by atoms with Crippen molar-refractivity contribution in [2.75, 3.05) is 17.2 Å². The number of hydrogen-bond acceptors (Lipinski definition) is 4. The number of nitrogens with zero attached hydrogens (tertiary/aromatic N) is 3. The van der Waals surface area contributed by atoms with Gasteiger partial charge >= 0.3 is 0 Å². The van der Waals surface area contributed by atoms with Gasteiger partial charge in [-0.1, -0.05) is 44.2 Å². The van der Waals surface area contributed by atoms with E-state index in [4.69, 9.17) is 10.7 Å². The van der Waals surface area contributed by atoms with E-state index < -0.39 is 0 Å². The molecule has 1 aliphatic heterocycles. The smallest absolute Gasteiger partial charge is 0.163 e. The highest BCUT2D eigenvalue weighted by Crippen LogP contribution is 2.30. The molecule has 1 fully saturated rings. The van der Waals surface area contributed by atoms with Crippen LogP contribution in [-0.2, 0) is 0 Å². The lowest BCUT2D eigenvalue weighted by atomic mass is 10.0. The number of anilines is 2. The molecule has 2 aromatic rings. The fourth-order valence-electron chi connectivity index (χ4n) is 3.09. The molecule has 0 saturated carbocycles. The van der Waals surface area contributed by atoms with Crippen LogP contribution in [0, 0.1) is 5.92 Å². The number of benzene rings is 1. The van der Waals surface area contributed by atoms with Gasteiger partial charge in [-0.3, -0.25) is 0 Å². The summed E-state index contributed by atoms with van der Waals surface area (Å²) in [4.78, 5) is 11.5. The first-order valence-electron chi connectivity index (χ1n) is 7.62. The Hall–Kier alpha value is -2.10. The predicted molar refractivity (Wildman–Crippen MR) is 87.1 cm³/mol. The molecule has 21 heavy (non-hydrogen) atoms. The molecule has 1 saturated heterocycles. The summed E-state index contributed by atoms with van der Waals surface area (Å²) < 4.78 is 0. The van der Waals surface area contributed by atoms with Crippen LogP contribution >= 0.6 is 0 Å². The average Bonchev–Trinajstić information content (AvgIpc) is 2.97. The van der Waals surface area contributed by atoms with Crippen LogP contribution in [0.4, 0.5) is 11.6 Å². The van der Waals surface area contributed by atoms with Crippen molar-refractivity contribution < 1.29 is 0 Å². The summed E-state index contributed by atoms with van der Waals surface area (Å²) in [6.07, 6.45) is 2.44. The molecule has 2 heterocycles. The Morgan fingerprint density at radius 2 is 1.95 bits per heavy atom. The van der Waals surface area contributed by atoms with E-state index in [0.717, 1.165) is 17.9 Å². The molecule has 1 aromatic heterocycles. The number of aromatic nitrogens is 2. The van der Waals surface area contributed by atoms with Crippen LogP contribution in [-0.4, -0.2) is 22.6 Å². The molecule has 0 radical (unpaired) electrons. The topological polar surface area (TPSA) is 55.0 Å². The van der Waals surface area contributed by atoms with E-state index in [1.54, 1.807) is 0 Å². The number of nitrogens with two attached hydrogens (primary N) is 1. The van der Waals surface area contributed by atoms with Crippen molar-refractivity contribution in [1.82, 2.24) is 9.97 Å². The zero-order valence-corrected chi connectivity index (χ0v) is 12.7. The maximum absolute atomic E-state index is 6.01. The second-order valence-corrected chi connectivity index (χ2v) is 5.99. The third-order valence-electron chi connectivity index (χ3n) is 4.13. The van der Waals surface area contributed by atoms with Gasteiger partial charge in [0.25, 0.3) is 0 Å². The largest absolute Gasteiger partial charge is 0.384 e. The Kier molecular flexibility index (Phi) is 3.78. The molecule has 1 aliphatic rings. The first-order chi connectivity index (χ1) is 10.1. The summed E-state index contributed by atoms with van der Waals surface area (Å²) in [5, 5.41) is 0. The molecule has 110 valence electrons. The molecule has 1 aromatic carbocycles. The van der Waals surface area contributed by atoms with Crippen LogP contribution in [0.25, 0.3) is 11.4 Å². The fourth-order valence-corrected chi connectivity index (χ4v) is 3.09. The minimum Gasteiger partial charge on any atom is -0.384 e. The van der Waals surface area contributed by atoms with Crippen molar-refractivity contribution in [3.05, 3.63) is 36.4 Å². The van der Waals surface area contributed by atoms with E-state index in [9.17, 15) is 0 Å². The maximum atomic E-state index is 6.01. The van der Waals surface area contributed by atoms with Gasteiger partial charge in [-0.25, -0.2) is 9.97 Å². The molecule has 4 nitrogen and oxygen atoms in total. The summed E-state index contributed by atoms with van der Waals surface area (Å²) >= 11 is 0. The normalized spacial score (nSPS) is 18.4. The molecular formula is C17H22N4. The van der Waals surface area contributed by atoms with Gasteiger partial charge in [0.1, 0.15) is 11.6 Å². The average molecular weight is 282 g/mol. The summed E-state index contributed by atoms with van der Waals surface area (Å²) in [6, 6.07) is 12.5. The van der Waals surface area contributed by atoms with Crippen molar-refractivity contribution in [2.45, 2.75) is 32.7 Å². The minimum absolute atomic E-state index is 0.535. The molecule has 1 atom stereocenters. The molecule has 1 unspecified atom stereocenters. The Bertz CT molecular complexity index is 609. The van der Waals surface area contributed by atoms with Crippen LogP contribution < -0.4 is 10.6 Å². The van der Waals surface area contributed by atoms with Gasteiger partial charge in [0.2, 0.25) is 0 Å². The van der Waals surface area contributed by atoms with E-state index >= 15 is 0 Å². The fraction of sp³-hybridized carbons (Fsp3) is 0.412. The van der Waals surface area contributed by atoms with Crippen molar-refractivity contribution >= 4 is 11.6 Å². The van der Waals surface area contributed by atoms with Gasteiger partial charge < -0.3 is 10.6 Å². The van der Waals surface area contributed by atoms with Crippen molar-refractivity contribution in [3.8, 4) is 11.4 Å². The van der Waals surface area contributed by atoms with Gasteiger partial charge in [0.05, 0.1) is 0 Å². The molecule has 2 N–H and O–H groups in total. The molecular weight excluding hydrogens is 260 g/mol. The van der Waals surface area contributed by atoms with Crippen LogP contribution in [0.2, 0.25) is 0 Å².